The summed E-state index contributed by atoms with van der Waals surface area (Å²) in [4.78, 5) is 15.2. The highest BCUT2D eigenvalue weighted by Gasteiger charge is 2.20. The number of hydrogen-bond donors (Lipinski definition) is 0. The van der Waals surface area contributed by atoms with Crippen LogP contribution in [-0.4, -0.2) is 19.5 Å². The maximum Gasteiger partial charge on any atom is 0.166 e. The third-order valence-corrected chi connectivity index (χ3v) is 8.77. The zero-order valence-corrected chi connectivity index (χ0v) is 26.2. The van der Waals surface area contributed by atoms with Crippen molar-refractivity contribution in [3.8, 4) is 62.1 Å². The molecule has 0 bridgehead atoms. The van der Waals surface area contributed by atoms with E-state index in [1.54, 1.807) is 6.07 Å². The van der Waals surface area contributed by atoms with Gasteiger partial charge in [0.15, 0.2) is 17.5 Å². The molecule has 0 amide bonds. The van der Waals surface area contributed by atoms with Crippen LogP contribution in [0.2, 0.25) is 0 Å². The molecule has 0 unspecified atom stereocenters. The summed E-state index contributed by atoms with van der Waals surface area (Å²) >= 11 is 0. The predicted molar refractivity (Wildman–Crippen MR) is 201 cm³/mol. The molecular formula is C45H30N4. The van der Waals surface area contributed by atoms with E-state index < -0.39 is 6.04 Å². The van der Waals surface area contributed by atoms with E-state index in [0.29, 0.717) is 34.3 Å². The van der Waals surface area contributed by atoms with Crippen LogP contribution in [0.15, 0.2) is 182 Å². The predicted octanol–water partition coefficient (Wildman–Crippen LogP) is 11.3. The largest absolute Gasteiger partial charge is 0.308 e. The Hall–Kier alpha value is -6.65. The highest BCUT2D eigenvalue weighted by Crippen LogP contribution is 2.38. The van der Waals surface area contributed by atoms with Crippen molar-refractivity contribution in [3.63, 3.8) is 0 Å². The van der Waals surface area contributed by atoms with E-state index in [9.17, 15) is 0 Å². The van der Waals surface area contributed by atoms with E-state index >= 15 is 0 Å². The highest BCUT2D eigenvalue weighted by molar-refractivity contribution is 6.09. The number of hydrogen-bond acceptors (Lipinski definition) is 3. The Balaban J connectivity index is 1.32. The fourth-order valence-electron chi connectivity index (χ4n) is 6.42. The number of benzene rings is 7. The van der Waals surface area contributed by atoms with Crippen molar-refractivity contribution in [2.75, 3.05) is 0 Å². The highest BCUT2D eigenvalue weighted by atomic mass is 15.1. The zero-order chi connectivity index (χ0) is 36.9. The average Bonchev–Trinajstić information content (AvgIpc) is 3.57. The van der Waals surface area contributed by atoms with Gasteiger partial charge < -0.3 is 4.57 Å². The van der Waals surface area contributed by atoms with Gasteiger partial charge in [0.05, 0.1) is 23.6 Å². The Morgan fingerprint density at radius 3 is 1.49 bits per heavy atom. The summed E-state index contributed by atoms with van der Waals surface area (Å²) < 4.78 is 44.7. The van der Waals surface area contributed by atoms with Gasteiger partial charge in [-0.25, -0.2) is 15.0 Å². The summed E-state index contributed by atoms with van der Waals surface area (Å²) in [6, 6.07) is 48.2. The lowest BCUT2D eigenvalue weighted by molar-refractivity contribution is 1.06. The lowest BCUT2D eigenvalue weighted by atomic mass is 10.0. The molecule has 0 aliphatic rings. The van der Waals surface area contributed by atoms with Gasteiger partial charge in [0.1, 0.15) is 0 Å². The van der Waals surface area contributed by atoms with Crippen LogP contribution in [0.5, 0.6) is 0 Å². The van der Waals surface area contributed by atoms with Crippen LogP contribution in [0.4, 0.5) is 0 Å². The van der Waals surface area contributed by atoms with Crippen LogP contribution < -0.4 is 0 Å². The Morgan fingerprint density at radius 2 is 0.857 bits per heavy atom. The molecule has 0 aliphatic carbocycles. The van der Waals surface area contributed by atoms with Crippen molar-refractivity contribution < 1.29 is 6.85 Å². The Morgan fingerprint density at radius 1 is 0.388 bits per heavy atom. The van der Waals surface area contributed by atoms with Crippen molar-refractivity contribution >= 4 is 21.8 Å². The second-order valence-corrected chi connectivity index (χ2v) is 11.7. The molecule has 0 saturated heterocycles. The summed E-state index contributed by atoms with van der Waals surface area (Å²) in [6.07, 6.45) is 0. The molecule has 9 rings (SSSR count). The molecule has 49 heavy (non-hydrogen) atoms. The SMILES string of the molecule is [2H]c1c([2H])c([2H])c(-c2ccc(-c3nc(-c4ccccc4)nc(-c4ccc(-c5ccccc5)cc4)n3)c(-n3c4ccccc4c4ccccc43)c2)c([2H])c1[2H]. The third-order valence-electron chi connectivity index (χ3n) is 8.77. The Bertz CT molecular complexity index is 2790. The molecule has 0 radical (unpaired) electrons. The van der Waals surface area contributed by atoms with Gasteiger partial charge in [-0.15, -0.1) is 0 Å². The summed E-state index contributed by atoms with van der Waals surface area (Å²) in [6.45, 7) is 0. The molecule has 4 nitrogen and oxygen atoms in total. The first-order chi connectivity index (χ1) is 26.4. The average molecular weight is 632 g/mol. The van der Waals surface area contributed by atoms with Crippen LogP contribution in [0.1, 0.15) is 6.85 Å². The Kier molecular flexibility index (Phi) is 5.87. The topological polar surface area (TPSA) is 43.6 Å². The van der Waals surface area contributed by atoms with Crippen molar-refractivity contribution in [2.45, 2.75) is 0 Å². The molecule has 4 heteroatoms. The fraction of sp³-hybridized carbons (Fsp3) is 0. The van der Waals surface area contributed by atoms with Gasteiger partial charge >= 0.3 is 0 Å². The molecule has 0 aliphatic heterocycles. The van der Waals surface area contributed by atoms with Gasteiger partial charge in [-0.2, -0.15) is 0 Å². The first-order valence-electron chi connectivity index (χ1n) is 18.5. The maximum atomic E-state index is 8.80. The van der Waals surface area contributed by atoms with Crippen LogP contribution in [-0.2, 0) is 0 Å². The van der Waals surface area contributed by atoms with Crippen molar-refractivity contribution in [1.82, 2.24) is 19.5 Å². The summed E-state index contributed by atoms with van der Waals surface area (Å²) in [5, 5.41) is 2.10. The standard InChI is InChI=1S/C45H30N4/c1-4-14-31(15-5-1)33-24-26-35(27-25-33)44-46-43(34-18-8-3-9-19-34)47-45(48-44)39-29-28-36(32-16-6-2-7-17-32)30-42(39)49-40-22-12-10-20-37(40)38-21-11-13-23-41(38)49/h1-30H/i2D,6D,7D,16D,17D. The van der Waals surface area contributed by atoms with E-state index in [-0.39, 0.29) is 29.7 Å². The molecule has 230 valence electrons. The number of nitrogens with zero attached hydrogens (tertiary/aromatic N) is 4. The minimum Gasteiger partial charge on any atom is -0.308 e. The van der Waals surface area contributed by atoms with Gasteiger partial charge in [-0.3, -0.25) is 0 Å². The molecule has 7 aromatic carbocycles. The number of rotatable bonds is 6. The Labute approximate surface area is 291 Å². The fourth-order valence-corrected chi connectivity index (χ4v) is 6.42. The molecule has 2 heterocycles. The van der Waals surface area contributed by atoms with Crippen molar-refractivity contribution in [1.29, 1.82) is 0 Å². The van der Waals surface area contributed by atoms with E-state index in [2.05, 4.69) is 53.1 Å². The van der Waals surface area contributed by atoms with E-state index in [0.717, 1.165) is 44.1 Å². The molecular weight excluding hydrogens is 597 g/mol. The van der Waals surface area contributed by atoms with Gasteiger partial charge in [0, 0.05) is 27.5 Å². The van der Waals surface area contributed by atoms with Crippen molar-refractivity contribution in [2.24, 2.45) is 0 Å². The van der Waals surface area contributed by atoms with Gasteiger partial charge in [-0.1, -0.05) is 158 Å². The number of para-hydroxylation sites is 2. The summed E-state index contributed by atoms with van der Waals surface area (Å²) in [7, 11) is 0. The van der Waals surface area contributed by atoms with Crippen LogP contribution in [0.25, 0.3) is 83.9 Å². The van der Waals surface area contributed by atoms with Gasteiger partial charge in [-0.05, 0) is 46.5 Å². The van der Waals surface area contributed by atoms with E-state index in [1.807, 2.05) is 97.1 Å². The molecule has 0 atom stereocenters. The second kappa shape index (κ2) is 12.2. The first kappa shape index (κ1) is 23.6. The van der Waals surface area contributed by atoms with Crippen LogP contribution in [0, 0.1) is 0 Å². The minimum atomic E-state index is -0.434. The van der Waals surface area contributed by atoms with Gasteiger partial charge in [0.25, 0.3) is 0 Å². The number of aromatic nitrogens is 4. The lowest BCUT2D eigenvalue weighted by Crippen LogP contribution is -2.04. The van der Waals surface area contributed by atoms with Crippen molar-refractivity contribution in [3.05, 3.63) is 182 Å². The molecule has 0 fully saturated rings. The minimum absolute atomic E-state index is 0.120. The zero-order valence-electron chi connectivity index (χ0n) is 31.2. The molecule has 9 aromatic rings. The quantitative estimate of drug-likeness (QED) is 0.183. The van der Waals surface area contributed by atoms with E-state index in [4.69, 9.17) is 21.8 Å². The second-order valence-electron chi connectivity index (χ2n) is 11.7. The normalized spacial score (nSPS) is 12.7. The summed E-state index contributed by atoms with van der Waals surface area (Å²) in [5.41, 5.74) is 7.68. The molecule has 0 saturated carbocycles. The maximum absolute atomic E-state index is 8.80. The monoisotopic (exact) mass is 631 g/mol. The van der Waals surface area contributed by atoms with Gasteiger partial charge in [0.2, 0.25) is 0 Å². The first-order valence-corrected chi connectivity index (χ1v) is 16.0. The molecule has 0 spiro atoms. The van der Waals surface area contributed by atoms with E-state index in [1.165, 1.54) is 0 Å². The lowest BCUT2D eigenvalue weighted by Gasteiger charge is -2.16. The summed E-state index contributed by atoms with van der Waals surface area (Å²) in [5.74, 6) is 1.43. The number of fused-ring (bicyclic) bond motifs is 3. The molecule has 2 aromatic heterocycles. The van der Waals surface area contributed by atoms with Crippen LogP contribution in [0.3, 0.4) is 0 Å². The smallest absolute Gasteiger partial charge is 0.166 e. The van der Waals surface area contributed by atoms with Crippen LogP contribution >= 0.6 is 0 Å². The molecule has 0 N–H and O–H groups in total. The third kappa shape index (κ3) is 5.26.